The number of halogens is 4. The van der Waals surface area contributed by atoms with Gasteiger partial charge in [-0.15, -0.1) is 13.2 Å². The number of rotatable bonds is 9. The third-order valence-corrected chi connectivity index (χ3v) is 11.1. The Hall–Kier alpha value is -5.41. The monoisotopic (exact) mass is 802 g/mol. The van der Waals surface area contributed by atoms with E-state index in [0.717, 1.165) is 125 Å². The lowest BCUT2D eigenvalue weighted by Crippen LogP contribution is -2.23. The number of aromatic nitrogens is 4. The molecule has 3 atom stereocenters. The predicted octanol–water partition coefficient (Wildman–Crippen LogP) is 9.23. The molecule has 3 aromatic carbocycles. The number of anilines is 2. The Bertz CT molecular complexity index is 2360. The molecule has 0 saturated carbocycles. The summed E-state index contributed by atoms with van der Waals surface area (Å²) in [7, 11) is 4.23. The standard InChI is InChI=1S/C27H28F4N4O2.C16H22N4O/c1-15(11-18-5-8-24(21(28)12-18)36-27(29,30)31)26-32-22-13-19(25-16(2)33-37-17(25)3)6-7-23(22)35(26)20-9-10-34(4)14-20;1-10-16(11(2)21-19-10)12-4-5-15(14(17)8-12)18-13-6-7-20(3)9-13/h5-8,12-13,15,20H,9-11,14H2,1-4H3;4-5,8,13,18H,6-7,9,17H2,1-3H3. The van der Waals surface area contributed by atoms with Crippen LogP contribution in [-0.4, -0.2) is 82.3 Å². The van der Waals surface area contributed by atoms with Gasteiger partial charge in [-0.1, -0.05) is 35.4 Å². The lowest BCUT2D eigenvalue weighted by molar-refractivity contribution is -0.275. The largest absolute Gasteiger partial charge is 0.573 e. The lowest BCUT2D eigenvalue weighted by atomic mass is 9.99. The third kappa shape index (κ3) is 8.85. The molecule has 2 fully saturated rings. The fourth-order valence-corrected chi connectivity index (χ4v) is 8.36. The topological polar surface area (TPSA) is 124 Å². The number of ether oxygens (including phenoxy) is 1. The third-order valence-electron chi connectivity index (χ3n) is 11.1. The highest BCUT2D eigenvalue weighted by Crippen LogP contribution is 2.37. The Morgan fingerprint density at radius 3 is 2.05 bits per heavy atom. The molecule has 0 aliphatic carbocycles. The molecule has 0 spiro atoms. The lowest BCUT2D eigenvalue weighted by Gasteiger charge is -2.20. The van der Waals surface area contributed by atoms with E-state index >= 15 is 0 Å². The number of hydrogen-bond acceptors (Lipinski definition) is 10. The highest BCUT2D eigenvalue weighted by atomic mass is 19.4. The maximum Gasteiger partial charge on any atom is 0.573 e. The number of nitrogen functional groups attached to an aromatic ring is 1. The van der Waals surface area contributed by atoms with Crippen LogP contribution in [0, 0.1) is 33.5 Å². The van der Waals surface area contributed by atoms with Crippen molar-refractivity contribution in [2.45, 2.75) is 78.2 Å². The van der Waals surface area contributed by atoms with Crippen molar-refractivity contribution in [1.82, 2.24) is 29.7 Å². The molecule has 2 aliphatic heterocycles. The summed E-state index contributed by atoms with van der Waals surface area (Å²) in [5, 5.41) is 11.6. The second kappa shape index (κ2) is 16.5. The average molecular weight is 803 g/mol. The molecule has 3 N–H and O–H groups in total. The normalized spacial score (nSPS) is 18.1. The average Bonchev–Trinajstić information content (AvgIpc) is 3.99. The summed E-state index contributed by atoms with van der Waals surface area (Å²) in [6, 6.07) is 16.6. The van der Waals surface area contributed by atoms with Gasteiger partial charge in [-0.3, -0.25) is 0 Å². The van der Waals surface area contributed by atoms with Gasteiger partial charge >= 0.3 is 6.36 Å². The Kier molecular flexibility index (Phi) is 11.6. The fourth-order valence-electron chi connectivity index (χ4n) is 8.36. The summed E-state index contributed by atoms with van der Waals surface area (Å²) in [6.07, 6.45) is -2.41. The molecule has 8 rings (SSSR count). The molecule has 0 bridgehead atoms. The van der Waals surface area contributed by atoms with Gasteiger partial charge in [-0.25, -0.2) is 9.37 Å². The molecule has 58 heavy (non-hydrogen) atoms. The van der Waals surface area contributed by atoms with Gasteiger partial charge in [0.1, 0.15) is 17.3 Å². The number of aryl methyl sites for hydroxylation is 4. The van der Waals surface area contributed by atoms with Crippen LogP contribution < -0.4 is 15.8 Å². The maximum absolute atomic E-state index is 14.3. The first kappa shape index (κ1) is 40.8. The minimum Gasteiger partial charge on any atom is -0.403 e. The molecule has 11 nitrogen and oxygen atoms in total. The highest BCUT2D eigenvalue weighted by Gasteiger charge is 2.33. The molecule has 2 saturated heterocycles. The number of likely N-dealkylation sites (tertiary alicyclic amines) is 2. The van der Waals surface area contributed by atoms with E-state index in [0.29, 0.717) is 18.0 Å². The molecule has 3 aromatic heterocycles. The van der Waals surface area contributed by atoms with Gasteiger partial charge in [0.05, 0.1) is 33.8 Å². The number of alkyl halides is 3. The summed E-state index contributed by atoms with van der Waals surface area (Å²) >= 11 is 0. The van der Waals surface area contributed by atoms with E-state index in [1.54, 1.807) is 0 Å². The Labute approximate surface area is 335 Å². The first-order chi connectivity index (χ1) is 27.5. The summed E-state index contributed by atoms with van der Waals surface area (Å²) in [5.41, 5.74) is 16.1. The zero-order valence-corrected chi connectivity index (χ0v) is 33.9. The van der Waals surface area contributed by atoms with Gasteiger partial charge in [0.2, 0.25) is 0 Å². The zero-order valence-electron chi connectivity index (χ0n) is 33.9. The van der Waals surface area contributed by atoms with Gasteiger partial charge in [0.15, 0.2) is 11.6 Å². The SMILES string of the molecule is Cc1noc(C)c1-c1ccc(NC2CCN(C)C2)c(N)c1.Cc1noc(C)c1-c1ccc2c(c1)nc(C(C)Cc1ccc(OC(F)(F)F)c(F)c1)n2C1CCN(C)C1. The number of benzene rings is 3. The van der Waals surface area contributed by atoms with Gasteiger partial charge in [-0.2, -0.15) is 0 Å². The molecular formula is C43H50F4N8O3. The summed E-state index contributed by atoms with van der Waals surface area (Å²) in [6.45, 7) is 13.7. The van der Waals surface area contributed by atoms with E-state index in [1.807, 2.05) is 46.8 Å². The molecule has 5 heterocycles. The number of likely N-dealkylation sites (N-methyl/N-ethyl adjacent to an activating group) is 2. The van der Waals surface area contributed by atoms with E-state index in [2.05, 4.69) is 73.1 Å². The molecule has 308 valence electrons. The zero-order chi connectivity index (χ0) is 41.5. The van der Waals surface area contributed by atoms with E-state index < -0.39 is 17.9 Å². The van der Waals surface area contributed by atoms with E-state index in [4.69, 9.17) is 19.8 Å². The fraction of sp³-hybridized carbons (Fsp3) is 0.419. The van der Waals surface area contributed by atoms with Crippen molar-refractivity contribution >= 4 is 22.4 Å². The van der Waals surface area contributed by atoms with E-state index in [1.165, 1.54) is 6.07 Å². The molecule has 0 radical (unpaired) electrons. The van der Waals surface area contributed by atoms with Gasteiger partial charge < -0.3 is 39.2 Å². The first-order valence-electron chi connectivity index (χ1n) is 19.5. The summed E-state index contributed by atoms with van der Waals surface area (Å²) in [4.78, 5) is 9.62. The Balaban J connectivity index is 0.000000206. The van der Waals surface area contributed by atoms with Crippen LogP contribution in [0.25, 0.3) is 33.3 Å². The quantitative estimate of drug-likeness (QED) is 0.108. The van der Waals surface area contributed by atoms with Crippen LogP contribution in [0.2, 0.25) is 0 Å². The van der Waals surface area contributed by atoms with Crippen molar-refractivity contribution in [3.63, 3.8) is 0 Å². The van der Waals surface area contributed by atoms with E-state index in [9.17, 15) is 17.6 Å². The Morgan fingerprint density at radius 1 is 0.862 bits per heavy atom. The van der Waals surface area contributed by atoms with Crippen molar-refractivity contribution in [1.29, 1.82) is 0 Å². The van der Waals surface area contributed by atoms with E-state index in [-0.39, 0.29) is 12.0 Å². The second-order valence-corrected chi connectivity index (χ2v) is 15.8. The summed E-state index contributed by atoms with van der Waals surface area (Å²) in [5.74, 6) is 0.429. The van der Waals surface area contributed by atoms with Crippen LogP contribution >= 0.6 is 0 Å². The minimum absolute atomic E-state index is 0.116. The molecule has 15 heteroatoms. The number of fused-ring (bicyclic) bond motifs is 1. The molecule has 6 aromatic rings. The number of imidazole rings is 1. The van der Waals surface area contributed by atoms with Crippen molar-refractivity contribution in [3.05, 3.63) is 94.7 Å². The minimum atomic E-state index is -4.95. The van der Waals surface area contributed by atoms with Crippen molar-refractivity contribution in [2.24, 2.45) is 0 Å². The summed E-state index contributed by atoms with van der Waals surface area (Å²) < 4.78 is 68.5. The van der Waals surface area contributed by atoms with Crippen molar-refractivity contribution < 1.29 is 31.3 Å². The van der Waals surface area contributed by atoms with Crippen molar-refractivity contribution in [3.8, 4) is 28.0 Å². The molecular weight excluding hydrogens is 753 g/mol. The van der Waals surface area contributed by atoms with Crippen LogP contribution in [0.15, 0.2) is 63.6 Å². The van der Waals surface area contributed by atoms with Crippen LogP contribution in [0.5, 0.6) is 5.75 Å². The van der Waals surface area contributed by atoms with Crippen LogP contribution in [0.4, 0.5) is 28.9 Å². The molecule has 0 amide bonds. The number of nitrogens with zero attached hydrogens (tertiary/aromatic N) is 6. The van der Waals surface area contributed by atoms with Crippen LogP contribution in [0.3, 0.4) is 0 Å². The van der Waals surface area contributed by atoms with Crippen LogP contribution in [-0.2, 0) is 6.42 Å². The predicted molar refractivity (Wildman–Crippen MR) is 216 cm³/mol. The highest BCUT2D eigenvalue weighted by molar-refractivity contribution is 5.84. The smallest absolute Gasteiger partial charge is 0.403 e. The number of nitrogens with one attached hydrogen (secondary N) is 1. The number of hydrogen-bond donors (Lipinski definition) is 2. The molecule has 3 unspecified atom stereocenters. The van der Waals surface area contributed by atoms with Crippen molar-refractivity contribution in [2.75, 3.05) is 51.3 Å². The Morgan fingerprint density at radius 2 is 1.50 bits per heavy atom. The maximum atomic E-state index is 14.3. The second-order valence-electron chi connectivity index (χ2n) is 15.8. The number of nitrogens with two attached hydrogens (primary N) is 1. The molecule has 2 aliphatic rings. The van der Waals surface area contributed by atoms with Gasteiger partial charge in [0, 0.05) is 42.2 Å². The first-order valence-corrected chi connectivity index (χ1v) is 19.5. The van der Waals surface area contributed by atoms with Crippen LogP contribution in [0.1, 0.15) is 66.0 Å². The van der Waals surface area contributed by atoms with Gasteiger partial charge in [-0.05, 0) is 127 Å². The van der Waals surface area contributed by atoms with Gasteiger partial charge in [0.25, 0.3) is 0 Å².